The Balaban J connectivity index is 3.10. The fraction of sp³-hybridized carbons (Fsp3) is 0.333. The van der Waals surface area contributed by atoms with Crippen LogP contribution >= 0.6 is 39.7 Å². The van der Waals surface area contributed by atoms with E-state index >= 15 is 0 Å². The fourth-order valence-electron chi connectivity index (χ4n) is 1.48. The van der Waals surface area contributed by atoms with Crippen LogP contribution in [0.1, 0.15) is 24.2 Å². The Kier molecular flexibility index (Phi) is 5.56. The lowest BCUT2D eigenvalue weighted by atomic mass is 10.1. The molecule has 0 saturated carbocycles. The van der Waals surface area contributed by atoms with Gasteiger partial charge < -0.3 is 10.6 Å². The van der Waals surface area contributed by atoms with Crippen molar-refractivity contribution in [3.63, 3.8) is 0 Å². The van der Waals surface area contributed by atoms with E-state index in [9.17, 15) is 4.79 Å². The van der Waals surface area contributed by atoms with E-state index in [1.165, 1.54) is 0 Å². The number of hydrogen-bond acceptors (Lipinski definition) is 2. The predicted molar refractivity (Wildman–Crippen MR) is 82.1 cm³/mol. The second-order valence-electron chi connectivity index (χ2n) is 4.09. The third-order valence-corrected chi connectivity index (χ3v) is 3.82. The van der Waals surface area contributed by atoms with E-state index < -0.39 is 0 Å². The van der Waals surface area contributed by atoms with Gasteiger partial charge in [-0.2, -0.15) is 0 Å². The molecular formula is C12H14BrClN2OS. The monoisotopic (exact) mass is 348 g/mol. The van der Waals surface area contributed by atoms with Gasteiger partial charge in [-0.3, -0.25) is 4.79 Å². The highest BCUT2D eigenvalue weighted by molar-refractivity contribution is 9.10. The first-order valence-electron chi connectivity index (χ1n) is 5.38. The molecule has 0 radical (unpaired) electrons. The number of rotatable bonds is 4. The zero-order chi connectivity index (χ0) is 13.9. The van der Waals surface area contributed by atoms with Crippen LogP contribution in [0, 0.1) is 0 Å². The summed E-state index contributed by atoms with van der Waals surface area (Å²) >= 11 is 14.3. The van der Waals surface area contributed by atoms with Gasteiger partial charge >= 0.3 is 0 Å². The van der Waals surface area contributed by atoms with Gasteiger partial charge in [0.05, 0.1) is 22.1 Å². The Morgan fingerprint density at radius 2 is 2.17 bits per heavy atom. The molecule has 0 bridgehead atoms. The summed E-state index contributed by atoms with van der Waals surface area (Å²) in [7, 11) is 0. The Bertz CT molecular complexity index is 479. The van der Waals surface area contributed by atoms with Crippen LogP contribution in [0.5, 0.6) is 0 Å². The second-order valence-corrected chi connectivity index (χ2v) is 5.85. The van der Waals surface area contributed by atoms with Crippen molar-refractivity contribution in [3.05, 3.63) is 33.3 Å². The van der Waals surface area contributed by atoms with Gasteiger partial charge in [0, 0.05) is 10.5 Å². The number of benzene rings is 1. The largest absolute Gasteiger partial charge is 0.392 e. The van der Waals surface area contributed by atoms with Crippen molar-refractivity contribution in [1.82, 2.24) is 4.90 Å². The molecule has 0 unspecified atom stereocenters. The molecule has 1 aromatic rings. The Morgan fingerprint density at radius 3 is 2.67 bits per heavy atom. The molecule has 0 atom stereocenters. The number of amides is 1. The van der Waals surface area contributed by atoms with Crippen LogP contribution in [-0.4, -0.2) is 28.4 Å². The van der Waals surface area contributed by atoms with Crippen LogP contribution in [0.25, 0.3) is 0 Å². The summed E-state index contributed by atoms with van der Waals surface area (Å²) < 4.78 is 0.689. The number of carbonyl (C=O) groups excluding carboxylic acids is 1. The fourth-order valence-corrected chi connectivity index (χ4v) is 2.19. The van der Waals surface area contributed by atoms with Crippen LogP contribution in [-0.2, 0) is 0 Å². The maximum Gasteiger partial charge on any atom is 0.256 e. The lowest BCUT2D eigenvalue weighted by Gasteiger charge is -2.26. The maximum atomic E-state index is 12.4. The molecule has 0 aliphatic rings. The molecule has 0 heterocycles. The van der Waals surface area contributed by atoms with Crippen molar-refractivity contribution in [3.8, 4) is 0 Å². The van der Waals surface area contributed by atoms with Crippen molar-refractivity contribution in [1.29, 1.82) is 0 Å². The van der Waals surface area contributed by atoms with E-state index in [-0.39, 0.29) is 23.5 Å². The molecule has 0 fully saturated rings. The van der Waals surface area contributed by atoms with Crippen LogP contribution in [0.2, 0.25) is 5.02 Å². The zero-order valence-electron chi connectivity index (χ0n) is 10.1. The topological polar surface area (TPSA) is 46.3 Å². The molecule has 98 valence electrons. The first-order chi connectivity index (χ1) is 8.34. The number of halogens is 2. The second kappa shape index (κ2) is 6.50. The smallest absolute Gasteiger partial charge is 0.256 e. The number of nitrogens with zero attached hydrogens (tertiary/aromatic N) is 1. The lowest BCUT2D eigenvalue weighted by Crippen LogP contribution is -2.42. The minimum atomic E-state index is -0.177. The van der Waals surface area contributed by atoms with E-state index in [2.05, 4.69) is 15.9 Å². The summed E-state index contributed by atoms with van der Waals surface area (Å²) in [6.45, 7) is 4.05. The van der Waals surface area contributed by atoms with Crippen molar-refractivity contribution in [2.45, 2.75) is 19.9 Å². The van der Waals surface area contributed by atoms with Gasteiger partial charge in [-0.15, -0.1) is 0 Å². The van der Waals surface area contributed by atoms with Gasteiger partial charge in [-0.1, -0.05) is 29.9 Å². The number of thiocarbonyl (C=S) groups is 1. The third-order valence-electron chi connectivity index (χ3n) is 2.39. The van der Waals surface area contributed by atoms with Gasteiger partial charge in [-0.25, -0.2) is 0 Å². The molecule has 2 N–H and O–H groups in total. The molecule has 0 spiro atoms. The highest BCUT2D eigenvalue weighted by atomic mass is 79.9. The van der Waals surface area contributed by atoms with E-state index in [1.807, 2.05) is 13.8 Å². The zero-order valence-corrected chi connectivity index (χ0v) is 13.3. The van der Waals surface area contributed by atoms with Crippen LogP contribution < -0.4 is 5.73 Å². The average molecular weight is 350 g/mol. The van der Waals surface area contributed by atoms with Crippen molar-refractivity contribution in [2.75, 3.05) is 6.54 Å². The van der Waals surface area contributed by atoms with Gasteiger partial charge in [0.15, 0.2) is 0 Å². The Labute approximate surface area is 125 Å². The molecule has 0 aromatic heterocycles. The maximum absolute atomic E-state index is 12.4. The first-order valence-corrected chi connectivity index (χ1v) is 6.95. The average Bonchev–Trinajstić information content (AvgIpc) is 2.28. The molecule has 1 rings (SSSR count). The molecule has 3 nitrogen and oxygen atoms in total. The SMILES string of the molecule is CC(C)N(CC(N)=S)C(=O)c1cccc(Br)c1Cl. The van der Waals surface area contributed by atoms with Gasteiger partial charge in [0.1, 0.15) is 0 Å². The summed E-state index contributed by atoms with van der Waals surface area (Å²) in [5, 5.41) is 0.399. The summed E-state index contributed by atoms with van der Waals surface area (Å²) in [5.74, 6) is -0.177. The molecular weight excluding hydrogens is 336 g/mol. The van der Waals surface area contributed by atoms with E-state index in [1.54, 1.807) is 23.1 Å². The number of hydrogen-bond donors (Lipinski definition) is 1. The van der Waals surface area contributed by atoms with Crippen LogP contribution in [0.4, 0.5) is 0 Å². The standard InChI is InChI=1S/C12H14BrClN2OS/c1-7(2)16(6-10(15)18)12(17)8-4-3-5-9(13)11(8)14/h3-5,7H,6H2,1-2H3,(H2,15,18). The number of nitrogens with two attached hydrogens (primary N) is 1. The predicted octanol–water partition coefficient (Wildman–Crippen LogP) is 3.24. The van der Waals surface area contributed by atoms with Crippen LogP contribution in [0.15, 0.2) is 22.7 Å². The summed E-state index contributed by atoms with van der Waals surface area (Å²) in [5.41, 5.74) is 5.95. The molecule has 0 saturated heterocycles. The molecule has 18 heavy (non-hydrogen) atoms. The van der Waals surface area contributed by atoms with Crippen molar-refractivity contribution in [2.24, 2.45) is 5.73 Å². The molecule has 1 amide bonds. The first kappa shape index (κ1) is 15.4. The summed E-state index contributed by atoms with van der Waals surface area (Å²) in [6, 6.07) is 5.23. The quantitative estimate of drug-likeness (QED) is 0.849. The molecule has 0 aliphatic heterocycles. The normalized spacial score (nSPS) is 10.5. The minimum absolute atomic E-state index is 0.00551. The van der Waals surface area contributed by atoms with Crippen molar-refractivity contribution >= 4 is 50.6 Å². The Hall–Kier alpha value is -0.650. The highest BCUT2D eigenvalue weighted by Gasteiger charge is 2.22. The number of carbonyl (C=O) groups is 1. The molecule has 1 aromatic carbocycles. The van der Waals surface area contributed by atoms with Crippen molar-refractivity contribution < 1.29 is 4.79 Å². The van der Waals surface area contributed by atoms with Gasteiger partial charge in [0.25, 0.3) is 5.91 Å². The lowest BCUT2D eigenvalue weighted by molar-refractivity contribution is 0.0736. The molecule has 6 heteroatoms. The summed E-state index contributed by atoms with van der Waals surface area (Å²) in [4.78, 5) is 14.3. The highest BCUT2D eigenvalue weighted by Crippen LogP contribution is 2.27. The Morgan fingerprint density at radius 1 is 1.56 bits per heavy atom. The van der Waals surface area contributed by atoms with Gasteiger partial charge in [0.2, 0.25) is 0 Å². The minimum Gasteiger partial charge on any atom is -0.392 e. The van der Waals surface area contributed by atoms with Gasteiger partial charge in [-0.05, 0) is 41.9 Å². The summed E-state index contributed by atoms with van der Waals surface area (Å²) in [6.07, 6.45) is 0. The third kappa shape index (κ3) is 3.67. The van der Waals surface area contributed by atoms with Crippen LogP contribution in [0.3, 0.4) is 0 Å². The van der Waals surface area contributed by atoms with E-state index in [4.69, 9.17) is 29.6 Å². The molecule has 0 aliphatic carbocycles. The van der Waals surface area contributed by atoms with E-state index in [0.29, 0.717) is 15.1 Å². The van der Waals surface area contributed by atoms with E-state index in [0.717, 1.165) is 0 Å².